The Morgan fingerprint density at radius 1 is 0.977 bits per heavy atom. The van der Waals surface area contributed by atoms with Crippen LogP contribution in [0.15, 0.2) is 85.5 Å². The predicted molar refractivity (Wildman–Crippen MR) is 169 cm³/mol. The molecule has 1 aliphatic heterocycles. The highest BCUT2D eigenvalue weighted by Gasteiger charge is 2.38. The van der Waals surface area contributed by atoms with Gasteiger partial charge in [0.05, 0.1) is 25.4 Å². The predicted octanol–water partition coefficient (Wildman–Crippen LogP) is 5.12. The van der Waals surface area contributed by atoms with Gasteiger partial charge < -0.3 is 34.9 Å². The fraction of sp³-hybridized carbons (Fsp3) is 0.371. The molecule has 4 atom stereocenters. The van der Waals surface area contributed by atoms with Gasteiger partial charge in [0.2, 0.25) is 0 Å². The minimum absolute atomic E-state index is 0.00516. The molecule has 9 heteroatoms. The number of benzene rings is 3. The van der Waals surface area contributed by atoms with Crippen LogP contribution in [-0.2, 0) is 32.2 Å². The largest absolute Gasteiger partial charge is 0.465 e. The van der Waals surface area contributed by atoms with E-state index in [1.54, 1.807) is 6.92 Å². The molecular weight excluding hydrogens is 558 g/mol. The second-order valence-corrected chi connectivity index (χ2v) is 11.0. The van der Waals surface area contributed by atoms with Crippen LogP contribution in [0.3, 0.4) is 0 Å². The van der Waals surface area contributed by atoms with Crippen molar-refractivity contribution in [1.82, 2.24) is 15.5 Å². The zero-order valence-corrected chi connectivity index (χ0v) is 25.7. The van der Waals surface area contributed by atoms with Crippen molar-refractivity contribution < 1.29 is 28.9 Å². The number of likely N-dealkylation sites (N-methyl/N-ethyl adjacent to an activating group) is 1. The van der Waals surface area contributed by atoms with Crippen molar-refractivity contribution in [3.63, 3.8) is 0 Å². The van der Waals surface area contributed by atoms with E-state index < -0.39 is 18.3 Å². The second-order valence-electron chi connectivity index (χ2n) is 11.0. The Kier molecular flexibility index (Phi) is 12.1. The molecule has 234 valence electrons. The number of carbonyl (C=O) groups excluding carboxylic acids is 2. The van der Waals surface area contributed by atoms with E-state index in [4.69, 9.17) is 14.2 Å². The molecule has 0 aromatic heterocycles. The van der Waals surface area contributed by atoms with Gasteiger partial charge in [0, 0.05) is 31.1 Å². The molecule has 4 unspecified atom stereocenters. The zero-order valence-electron chi connectivity index (χ0n) is 25.7. The molecule has 9 nitrogen and oxygen atoms in total. The highest BCUT2D eigenvalue weighted by atomic mass is 16.7. The SMILES string of the molecule is C=CCN(C)CC1OC(c2cccc(-c3cccc(CNC(=O)NCC(=O)OCC)c3)c2)OC(c2ccc(CO)cc2)C1C. The number of aliphatic hydroxyl groups excluding tert-OH is 1. The molecule has 0 saturated carbocycles. The Balaban J connectivity index is 1.51. The van der Waals surface area contributed by atoms with E-state index in [1.807, 2.05) is 72.8 Å². The van der Waals surface area contributed by atoms with Crippen LogP contribution in [0.4, 0.5) is 4.79 Å². The molecule has 0 spiro atoms. The third kappa shape index (κ3) is 9.00. The van der Waals surface area contributed by atoms with Crippen molar-refractivity contribution >= 4 is 12.0 Å². The standard InChI is InChI=1S/C35H43N3O6/c1-5-17-38(4)22-31-24(3)33(27-15-13-25(23-39)14-16-27)44-34(43-31)30-12-8-11-29(19-30)28-10-7-9-26(18-28)20-36-35(41)37-21-32(40)42-6-2/h5,7-16,18-19,24,31,33-34,39H,1,6,17,20-23H2,2-4H3,(H2,36,37,41). The highest BCUT2D eigenvalue weighted by Crippen LogP contribution is 2.42. The molecule has 1 fully saturated rings. The molecule has 0 bridgehead atoms. The van der Waals surface area contributed by atoms with Crippen LogP contribution in [-0.4, -0.2) is 61.4 Å². The molecule has 0 radical (unpaired) electrons. The summed E-state index contributed by atoms with van der Waals surface area (Å²) in [7, 11) is 2.06. The maximum absolute atomic E-state index is 12.1. The van der Waals surface area contributed by atoms with Crippen LogP contribution in [0.2, 0.25) is 0 Å². The number of ether oxygens (including phenoxy) is 3. The number of carbonyl (C=O) groups is 2. The fourth-order valence-electron chi connectivity index (χ4n) is 5.27. The maximum Gasteiger partial charge on any atom is 0.325 e. The van der Waals surface area contributed by atoms with E-state index >= 15 is 0 Å². The average molecular weight is 602 g/mol. The summed E-state index contributed by atoms with van der Waals surface area (Å²) < 4.78 is 18.1. The number of rotatable bonds is 13. The molecule has 3 aromatic carbocycles. The highest BCUT2D eigenvalue weighted by molar-refractivity contribution is 5.80. The van der Waals surface area contributed by atoms with E-state index in [1.165, 1.54) is 0 Å². The van der Waals surface area contributed by atoms with Gasteiger partial charge in [-0.2, -0.15) is 0 Å². The third-order valence-electron chi connectivity index (χ3n) is 7.63. The van der Waals surface area contributed by atoms with Gasteiger partial charge in [-0.1, -0.05) is 73.7 Å². The Morgan fingerprint density at radius 2 is 1.70 bits per heavy atom. The number of nitrogens with zero attached hydrogens (tertiary/aromatic N) is 1. The Labute approximate surface area is 259 Å². The lowest BCUT2D eigenvalue weighted by Gasteiger charge is -2.42. The molecule has 2 amide bonds. The van der Waals surface area contributed by atoms with Crippen LogP contribution < -0.4 is 10.6 Å². The fourth-order valence-corrected chi connectivity index (χ4v) is 5.27. The maximum atomic E-state index is 12.1. The van der Waals surface area contributed by atoms with Gasteiger partial charge in [-0.05, 0) is 53.9 Å². The molecule has 1 heterocycles. The Morgan fingerprint density at radius 3 is 2.41 bits per heavy atom. The van der Waals surface area contributed by atoms with Gasteiger partial charge in [0.25, 0.3) is 0 Å². The first-order chi connectivity index (χ1) is 21.3. The van der Waals surface area contributed by atoms with Crippen molar-refractivity contribution in [2.45, 2.75) is 45.5 Å². The minimum atomic E-state index is -0.580. The zero-order chi connectivity index (χ0) is 31.5. The summed E-state index contributed by atoms with van der Waals surface area (Å²) in [6.45, 7) is 9.59. The smallest absolute Gasteiger partial charge is 0.325 e. The summed E-state index contributed by atoms with van der Waals surface area (Å²) in [5.41, 5.74) is 5.70. The molecule has 44 heavy (non-hydrogen) atoms. The lowest BCUT2D eigenvalue weighted by Crippen LogP contribution is -2.43. The monoisotopic (exact) mass is 601 g/mol. The number of hydrogen-bond donors (Lipinski definition) is 3. The summed E-state index contributed by atoms with van der Waals surface area (Å²) in [5, 5.41) is 14.8. The average Bonchev–Trinajstić information content (AvgIpc) is 3.04. The number of hydrogen-bond acceptors (Lipinski definition) is 7. The third-order valence-corrected chi connectivity index (χ3v) is 7.63. The van der Waals surface area contributed by atoms with E-state index in [-0.39, 0.29) is 37.9 Å². The van der Waals surface area contributed by atoms with Crippen molar-refractivity contribution in [3.8, 4) is 11.1 Å². The van der Waals surface area contributed by atoms with E-state index in [0.717, 1.165) is 46.5 Å². The quantitative estimate of drug-likeness (QED) is 0.184. The van der Waals surface area contributed by atoms with E-state index in [0.29, 0.717) is 6.54 Å². The van der Waals surface area contributed by atoms with Gasteiger partial charge in [0.1, 0.15) is 6.54 Å². The summed E-state index contributed by atoms with van der Waals surface area (Å²) >= 11 is 0. The van der Waals surface area contributed by atoms with Crippen molar-refractivity contribution in [1.29, 1.82) is 0 Å². The van der Waals surface area contributed by atoms with Crippen LogP contribution in [0.25, 0.3) is 11.1 Å². The van der Waals surface area contributed by atoms with Crippen molar-refractivity contribution in [2.75, 3.05) is 33.3 Å². The van der Waals surface area contributed by atoms with Gasteiger partial charge in [-0.15, -0.1) is 6.58 Å². The van der Waals surface area contributed by atoms with Crippen LogP contribution in [0.1, 0.15) is 48.5 Å². The number of amides is 2. The molecule has 3 N–H and O–H groups in total. The lowest BCUT2D eigenvalue weighted by atomic mass is 9.90. The first-order valence-corrected chi connectivity index (χ1v) is 15.0. The number of esters is 1. The van der Waals surface area contributed by atoms with Crippen LogP contribution in [0, 0.1) is 5.92 Å². The molecule has 0 aliphatic carbocycles. The van der Waals surface area contributed by atoms with Gasteiger partial charge in [-0.3, -0.25) is 4.79 Å². The van der Waals surface area contributed by atoms with Crippen molar-refractivity contribution in [2.24, 2.45) is 5.92 Å². The molecular formula is C35H43N3O6. The van der Waals surface area contributed by atoms with Crippen LogP contribution in [0.5, 0.6) is 0 Å². The second kappa shape index (κ2) is 16.2. The summed E-state index contributed by atoms with van der Waals surface area (Å²) in [5.74, 6) is -0.397. The van der Waals surface area contributed by atoms with Gasteiger partial charge in [-0.25, -0.2) is 4.79 Å². The van der Waals surface area contributed by atoms with E-state index in [2.05, 4.69) is 42.2 Å². The van der Waals surface area contributed by atoms with Gasteiger partial charge in [0.15, 0.2) is 6.29 Å². The first kappa shape index (κ1) is 32.9. The summed E-state index contributed by atoms with van der Waals surface area (Å²) in [6, 6.07) is 23.5. The number of aliphatic hydroxyl groups is 1. The molecule has 4 rings (SSSR count). The molecule has 1 saturated heterocycles. The molecule has 3 aromatic rings. The number of urea groups is 1. The number of nitrogens with one attached hydrogen (secondary N) is 2. The van der Waals surface area contributed by atoms with Gasteiger partial charge >= 0.3 is 12.0 Å². The molecule has 1 aliphatic rings. The first-order valence-electron chi connectivity index (χ1n) is 15.0. The summed E-state index contributed by atoms with van der Waals surface area (Å²) in [4.78, 5) is 25.8. The Bertz CT molecular complexity index is 1400. The van der Waals surface area contributed by atoms with Crippen molar-refractivity contribution in [3.05, 3.63) is 108 Å². The van der Waals surface area contributed by atoms with Crippen LogP contribution >= 0.6 is 0 Å². The normalized spacial score (nSPS) is 19.8. The Hall–Kier alpha value is -4.02. The minimum Gasteiger partial charge on any atom is -0.465 e. The van der Waals surface area contributed by atoms with E-state index in [9.17, 15) is 14.7 Å². The topological polar surface area (TPSA) is 109 Å². The lowest BCUT2D eigenvalue weighted by molar-refractivity contribution is -0.275. The summed E-state index contributed by atoms with van der Waals surface area (Å²) in [6.07, 6.45) is 1.02.